The van der Waals surface area contributed by atoms with E-state index in [9.17, 15) is 25.4 Å². The third kappa shape index (κ3) is 6.11. The van der Waals surface area contributed by atoms with Crippen molar-refractivity contribution >= 4 is 69.0 Å². The van der Waals surface area contributed by atoms with Crippen molar-refractivity contribution in [2.24, 2.45) is 0 Å². The third-order valence-electron chi connectivity index (χ3n) is 6.22. The van der Waals surface area contributed by atoms with Crippen LogP contribution in [0.2, 0.25) is 10.0 Å². The highest BCUT2D eigenvalue weighted by Crippen LogP contribution is 2.38. The fraction of sp³-hybridized carbons (Fsp3) is 0.148. The van der Waals surface area contributed by atoms with Gasteiger partial charge in [-0.1, -0.05) is 29.3 Å². The minimum atomic E-state index is -0.696. The first-order valence-corrected chi connectivity index (χ1v) is 14.5. The number of thiophene rings is 1. The van der Waals surface area contributed by atoms with E-state index in [0.717, 1.165) is 47.9 Å². The number of nitrogens with zero attached hydrogens (tertiary/aromatic N) is 5. The highest BCUT2D eigenvalue weighted by atomic mass is 35.5. The molecule has 204 valence electrons. The minimum Gasteiger partial charge on any atom is -0.312 e. The number of amides is 1. The van der Waals surface area contributed by atoms with Gasteiger partial charge >= 0.3 is 0 Å². The zero-order chi connectivity index (χ0) is 29.1. The van der Waals surface area contributed by atoms with Crippen LogP contribution in [0.25, 0.3) is 17.5 Å². The first-order chi connectivity index (χ1) is 19.8. The van der Waals surface area contributed by atoms with Crippen LogP contribution in [0.1, 0.15) is 34.4 Å². The molecule has 2 aromatic carbocycles. The van der Waals surface area contributed by atoms with E-state index in [1.165, 1.54) is 29.5 Å². The highest BCUT2D eigenvalue weighted by molar-refractivity contribution is 7.99. The van der Waals surface area contributed by atoms with Gasteiger partial charge in [0.15, 0.2) is 5.82 Å². The van der Waals surface area contributed by atoms with E-state index in [1.807, 2.05) is 6.07 Å². The number of H-pyrrole nitrogens is 1. The normalized spacial score (nSPS) is 12.7. The molecule has 0 aliphatic heterocycles. The molecular formula is C27H17Cl2N7O3S2. The van der Waals surface area contributed by atoms with Gasteiger partial charge in [0.1, 0.15) is 22.7 Å². The first-order valence-electron chi connectivity index (χ1n) is 12.1. The Hall–Kier alpha value is -4.20. The van der Waals surface area contributed by atoms with Crippen LogP contribution in [0.15, 0.2) is 52.0 Å². The molecule has 2 aromatic heterocycles. The maximum atomic E-state index is 12.9. The maximum Gasteiger partial charge on any atom is 0.283 e. The smallest absolute Gasteiger partial charge is 0.283 e. The Bertz CT molecular complexity index is 1820. The molecule has 5 rings (SSSR count). The zero-order valence-electron chi connectivity index (χ0n) is 20.9. The summed E-state index contributed by atoms with van der Waals surface area (Å²) in [6.45, 7) is 0. The highest BCUT2D eigenvalue weighted by Gasteiger charge is 2.23. The number of nitro benzene ring substituents is 1. The van der Waals surface area contributed by atoms with Crippen LogP contribution >= 0.6 is 46.3 Å². The van der Waals surface area contributed by atoms with Crippen LogP contribution in [0.5, 0.6) is 0 Å². The van der Waals surface area contributed by atoms with Crippen molar-refractivity contribution in [2.45, 2.75) is 35.7 Å². The van der Waals surface area contributed by atoms with Crippen LogP contribution < -0.4 is 5.32 Å². The van der Waals surface area contributed by atoms with Crippen molar-refractivity contribution in [1.82, 2.24) is 15.2 Å². The number of rotatable bonds is 7. The lowest BCUT2D eigenvalue weighted by Crippen LogP contribution is -2.13. The second-order valence-corrected chi connectivity index (χ2v) is 11.8. The van der Waals surface area contributed by atoms with Crippen molar-refractivity contribution in [3.63, 3.8) is 0 Å². The Balaban J connectivity index is 1.37. The summed E-state index contributed by atoms with van der Waals surface area (Å²) >= 11 is 14.5. The monoisotopic (exact) mass is 621 g/mol. The van der Waals surface area contributed by atoms with Crippen molar-refractivity contribution in [3.8, 4) is 23.5 Å². The largest absolute Gasteiger partial charge is 0.312 e. The van der Waals surface area contributed by atoms with Crippen LogP contribution in [0.4, 0.5) is 10.7 Å². The van der Waals surface area contributed by atoms with Gasteiger partial charge < -0.3 is 5.32 Å². The number of benzene rings is 2. The summed E-state index contributed by atoms with van der Waals surface area (Å²) in [5, 5.41) is 42.2. The molecule has 0 radical (unpaired) electrons. The van der Waals surface area contributed by atoms with Crippen molar-refractivity contribution in [2.75, 3.05) is 5.32 Å². The Morgan fingerprint density at radius 2 is 2.00 bits per heavy atom. The van der Waals surface area contributed by atoms with E-state index < -0.39 is 10.8 Å². The Kier molecular flexibility index (Phi) is 8.38. The maximum absolute atomic E-state index is 12.9. The molecule has 0 fully saturated rings. The van der Waals surface area contributed by atoms with Gasteiger partial charge in [-0.2, -0.15) is 10.5 Å². The van der Waals surface area contributed by atoms with E-state index in [-0.39, 0.29) is 26.9 Å². The fourth-order valence-corrected chi connectivity index (χ4v) is 6.84. The molecule has 0 saturated heterocycles. The molecule has 0 spiro atoms. The second kappa shape index (κ2) is 12.1. The fourth-order valence-electron chi connectivity index (χ4n) is 4.30. The molecule has 2 heterocycles. The summed E-state index contributed by atoms with van der Waals surface area (Å²) in [6, 6.07) is 13.2. The summed E-state index contributed by atoms with van der Waals surface area (Å²) in [5.74, 6) is -0.329. The number of aromatic nitrogens is 3. The number of fused-ring (bicyclic) bond motifs is 1. The van der Waals surface area contributed by atoms with Gasteiger partial charge in [0, 0.05) is 21.5 Å². The predicted molar refractivity (Wildman–Crippen MR) is 157 cm³/mol. The molecule has 0 bridgehead atoms. The van der Waals surface area contributed by atoms with E-state index in [0.29, 0.717) is 32.0 Å². The number of aromatic amines is 1. The van der Waals surface area contributed by atoms with Crippen LogP contribution in [0.3, 0.4) is 0 Å². The molecule has 0 atom stereocenters. The number of carbonyl (C=O) groups is 1. The van der Waals surface area contributed by atoms with Crippen molar-refractivity contribution in [1.29, 1.82) is 10.5 Å². The van der Waals surface area contributed by atoms with Crippen LogP contribution in [-0.2, 0) is 17.6 Å². The number of nitriles is 2. The molecule has 0 unspecified atom stereocenters. The molecule has 41 heavy (non-hydrogen) atoms. The standard InChI is InChI=1S/C27H17Cl2N7O3S2/c28-16-6-7-18(20(29)11-16)24-32-27(35-34-24)41-23-8-5-14(10-21(23)36(38)39)9-15(12-30)25(37)33-26-19(13-31)17-3-1-2-4-22(17)40-26/h5-11H,1-4H2,(H,33,37)(H,32,34,35)/b15-9-. The topological polar surface area (TPSA) is 161 Å². The average molecular weight is 623 g/mol. The van der Waals surface area contributed by atoms with Gasteiger partial charge in [-0.3, -0.25) is 20.0 Å². The summed E-state index contributed by atoms with van der Waals surface area (Å²) in [6.07, 6.45) is 4.91. The molecule has 14 heteroatoms. The summed E-state index contributed by atoms with van der Waals surface area (Å²) < 4.78 is 0. The van der Waals surface area contributed by atoms with E-state index in [4.69, 9.17) is 23.2 Å². The number of nitrogens with one attached hydrogen (secondary N) is 2. The number of carbonyl (C=O) groups excluding carboxylic acids is 1. The number of hydrogen-bond acceptors (Lipinski definition) is 9. The summed E-state index contributed by atoms with van der Waals surface area (Å²) in [7, 11) is 0. The summed E-state index contributed by atoms with van der Waals surface area (Å²) in [4.78, 5) is 30.0. The molecule has 0 saturated carbocycles. The molecular weight excluding hydrogens is 605 g/mol. The van der Waals surface area contributed by atoms with Crippen molar-refractivity contribution < 1.29 is 9.72 Å². The van der Waals surface area contributed by atoms with E-state index >= 15 is 0 Å². The number of nitro groups is 1. The number of hydrogen-bond donors (Lipinski definition) is 2. The number of aryl methyl sites for hydroxylation is 1. The number of anilines is 1. The van der Waals surface area contributed by atoms with Gasteiger partial charge in [0.25, 0.3) is 11.6 Å². The van der Waals surface area contributed by atoms with Gasteiger partial charge in [0.2, 0.25) is 5.16 Å². The summed E-state index contributed by atoms with van der Waals surface area (Å²) in [5.41, 5.74) is 1.73. The lowest BCUT2D eigenvalue weighted by molar-refractivity contribution is -0.387. The number of halogens is 2. The van der Waals surface area contributed by atoms with E-state index in [2.05, 4.69) is 26.6 Å². The molecule has 1 aliphatic carbocycles. The van der Waals surface area contributed by atoms with Gasteiger partial charge in [-0.25, -0.2) is 4.98 Å². The lowest BCUT2D eigenvalue weighted by Gasteiger charge is -2.09. The SMILES string of the molecule is N#C/C(=C/c1ccc(Sc2n[nH]c(-c3ccc(Cl)cc3Cl)n2)c([N+](=O)[O-])c1)C(=O)Nc1sc2c(c1C#N)CCCC2. The van der Waals surface area contributed by atoms with Gasteiger partial charge in [-0.05, 0) is 78.9 Å². The van der Waals surface area contributed by atoms with Crippen LogP contribution in [0, 0.1) is 32.8 Å². The third-order valence-corrected chi connectivity index (χ3v) is 8.90. The molecule has 1 aliphatic rings. The van der Waals surface area contributed by atoms with Crippen LogP contribution in [-0.4, -0.2) is 26.0 Å². The minimum absolute atomic E-state index is 0.224. The Morgan fingerprint density at radius 3 is 2.73 bits per heavy atom. The molecule has 4 aromatic rings. The van der Waals surface area contributed by atoms with E-state index in [1.54, 1.807) is 24.3 Å². The second-order valence-electron chi connectivity index (χ2n) is 8.83. The quantitative estimate of drug-likeness (QED) is 0.0947. The Morgan fingerprint density at radius 1 is 1.20 bits per heavy atom. The molecule has 1 amide bonds. The Labute approximate surface area is 251 Å². The van der Waals surface area contributed by atoms with Gasteiger partial charge in [0.05, 0.1) is 20.4 Å². The first kappa shape index (κ1) is 28.3. The molecule has 10 nitrogen and oxygen atoms in total. The zero-order valence-corrected chi connectivity index (χ0v) is 24.0. The average Bonchev–Trinajstić information content (AvgIpc) is 3.55. The molecule has 2 N–H and O–H groups in total. The van der Waals surface area contributed by atoms with Gasteiger partial charge in [-0.15, -0.1) is 16.4 Å². The van der Waals surface area contributed by atoms with Crippen molar-refractivity contribution in [3.05, 3.63) is 83.7 Å². The predicted octanol–water partition coefficient (Wildman–Crippen LogP) is 7.20. The lowest BCUT2D eigenvalue weighted by atomic mass is 9.96.